The lowest BCUT2D eigenvalue weighted by Crippen LogP contribution is -2.32. The number of hydrogen-bond acceptors (Lipinski definition) is 4. The second kappa shape index (κ2) is 6.33. The van der Waals surface area contributed by atoms with Crippen LogP contribution in [0.3, 0.4) is 0 Å². The average molecular weight is 347 g/mol. The number of benzene rings is 1. The van der Waals surface area contributed by atoms with E-state index in [-0.39, 0.29) is 5.69 Å². The maximum absolute atomic E-state index is 12.3. The van der Waals surface area contributed by atoms with E-state index in [1.807, 2.05) is 30.3 Å². The van der Waals surface area contributed by atoms with Gasteiger partial charge in [-0.2, -0.15) is 10.4 Å². The predicted molar refractivity (Wildman–Crippen MR) is 79.2 cm³/mol. The van der Waals surface area contributed by atoms with Gasteiger partial charge in [0, 0.05) is 12.6 Å². The van der Waals surface area contributed by atoms with Gasteiger partial charge in [-0.05, 0) is 15.9 Å². The van der Waals surface area contributed by atoms with Crippen molar-refractivity contribution in [2.45, 2.75) is 0 Å². The number of carbonyl (C=O) groups excluding carboxylic acids is 2. The van der Waals surface area contributed by atoms with E-state index in [0.717, 1.165) is 5.56 Å². The number of H-pyrrole nitrogens is 1. The van der Waals surface area contributed by atoms with Gasteiger partial charge >= 0.3 is 0 Å². The largest absolute Gasteiger partial charge is 0.358 e. The number of ketones is 1. The Morgan fingerprint density at radius 2 is 2.05 bits per heavy atom. The second-order valence-electron chi connectivity index (χ2n) is 4.17. The number of aromatic amines is 1. The van der Waals surface area contributed by atoms with Gasteiger partial charge in [0.1, 0.15) is 11.4 Å². The van der Waals surface area contributed by atoms with Crippen LogP contribution in [0, 0.1) is 17.2 Å². The van der Waals surface area contributed by atoms with Crippen molar-refractivity contribution in [3.63, 3.8) is 0 Å². The molecule has 0 saturated carbocycles. The standard InChI is InChI=1S/C14H11BrN4O2/c1-17-14(21)9(7-16)13(20)12-10(15)11(18-19-12)8-5-3-2-4-6-8/h2-6,9H,1H3,(H,17,21)(H,18,19). The maximum atomic E-state index is 12.3. The quantitative estimate of drug-likeness (QED) is 0.652. The van der Waals surface area contributed by atoms with Crippen LogP contribution in [-0.2, 0) is 4.79 Å². The van der Waals surface area contributed by atoms with Crippen molar-refractivity contribution in [1.82, 2.24) is 15.5 Å². The molecule has 0 aliphatic rings. The minimum Gasteiger partial charge on any atom is -0.358 e. The Morgan fingerprint density at radius 1 is 1.38 bits per heavy atom. The van der Waals surface area contributed by atoms with Crippen LogP contribution in [0.1, 0.15) is 10.5 Å². The zero-order valence-corrected chi connectivity index (χ0v) is 12.6. The van der Waals surface area contributed by atoms with E-state index < -0.39 is 17.6 Å². The summed E-state index contributed by atoms with van der Waals surface area (Å²) in [7, 11) is 1.37. The Morgan fingerprint density at radius 3 is 2.62 bits per heavy atom. The summed E-state index contributed by atoms with van der Waals surface area (Å²) in [6.45, 7) is 0. The van der Waals surface area contributed by atoms with E-state index in [9.17, 15) is 9.59 Å². The number of Topliss-reactive ketones (excluding diaryl/α,β-unsaturated/α-hetero) is 1. The number of aromatic nitrogens is 2. The SMILES string of the molecule is CNC(=O)C(C#N)C(=O)c1[nH]nc(-c2ccccc2)c1Br. The molecule has 2 rings (SSSR count). The van der Waals surface area contributed by atoms with Gasteiger partial charge in [-0.25, -0.2) is 0 Å². The summed E-state index contributed by atoms with van der Waals surface area (Å²) in [5.41, 5.74) is 1.46. The molecule has 1 heterocycles. The lowest BCUT2D eigenvalue weighted by atomic mass is 10.0. The average Bonchev–Trinajstić information content (AvgIpc) is 2.90. The molecule has 0 aliphatic heterocycles. The van der Waals surface area contributed by atoms with Crippen LogP contribution in [-0.4, -0.2) is 28.9 Å². The number of halogens is 1. The van der Waals surface area contributed by atoms with E-state index in [4.69, 9.17) is 5.26 Å². The number of nitriles is 1. The number of amides is 1. The van der Waals surface area contributed by atoms with E-state index in [1.54, 1.807) is 6.07 Å². The summed E-state index contributed by atoms with van der Waals surface area (Å²) < 4.78 is 0.433. The first-order valence-corrected chi connectivity index (χ1v) is 6.84. The predicted octanol–water partition coefficient (Wildman–Crippen LogP) is 1.91. The molecule has 0 aliphatic carbocycles. The highest BCUT2D eigenvalue weighted by atomic mass is 79.9. The third-order valence-corrected chi connectivity index (χ3v) is 3.67. The van der Waals surface area contributed by atoms with Crippen molar-refractivity contribution in [3.8, 4) is 17.3 Å². The van der Waals surface area contributed by atoms with Crippen LogP contribution >= 0.6 is 15.9 Å². The Balaban J connectivity index is 2.39. The first-order valence-electron chi connectivity index (χ1n) is 6.04. The Bertz CT molecular complexity index is 718. The zero-order chi connectivity index (χ0) is 15.4. The van der Waals surface area contributed by atoms with Gasteiger partial charge in [0.15, 0.2) is 5.92 Å². The molecule has 0 radical (unpaired) electrons. The maximum Gasteiger partial charge on any atom is 0.245 e. The van der Waals surface area contributed by atoms with Crippen LogP contribution in [0.25, 0.3) is 11.3 Å². The van der Waals surface area contributed by atoms with Gasteiger partial charge in [-0.15, -0.1) is 0 Å². The molecule has 0 fully saturated rings. The molecule has 21 heavy (non-hydrogen) atoms. The molecule has 7 heteroatoms. The summed E-state index contributed by atoms with van der Waals surface area (Å²) in [4.78, 5) is 23.8. The molecule has 0 bridgehead atoms. The molecule has 1 atom stereocenters. The fourth-order valence-corrected chi connectivity index (χ4v) is 2.41. The van der Waals surface area contributed by atoms with E-state index in [0.29, 0.717) is 10.2 Å². The molecule has 2 N–H and O–H groups in total. The third-order valence-electron chi connectivity index (χ3n) is 2.90. The van der Waals surface area contributed by atoms with Gasteiger partial charge in [-0.1, -0.05) is 30.3 Å². The molecule has 0 saturated heterocycles. The fraction of sp³-hybridized carbons (Fsp3) is 0.143. The molecular weight excluding hydrogens is 336 g/mol. The van der Waals surface area contributed by atoms with Crippen LogP contribution in [0.4, 0.5) is 0 Å². The van der Waals surface area contributed by atoms with Crippen molar-refractivity contribution in [2.75, 3.05) is 7.05 Å². The number of nitrogens with zero attached hydrogens (tertiary/aromatic N) is 2. The highest BCUT2D eigenvalue weighted by Gasteiger charge is 2.30. The number of carbonyl (C=O) groups is 2. The summed E-state index contributed by atoms with van der Waals surface area (Å²) in [5.74, 6) is -2.68. The van der Waals surface area contributed by atoms with Crippen molar-refractivity contribution in [1.29, 1.82) is 5.26 Å². The third kappa shape index (κ3) is 2.85. The van der Waals surface area contributed by atoms with Crippen molar-refractivity contribution < 1.29 is 9.59 Å². The van der Waals surface area contributed by atoms with Crippen LogP contribution in [0.15, 0.2) is 34.8 Å². The summed E-state index contributed by atoms with van der Waals surface area (Å²) in [6, 6.07) is 10.9. The number of nitrogens with one attached hydrogen (secondary N) is 2. The van der Waals surface area contributed by atoms with Crippen LogP contribution in [0.5, 0.6) is 0 Å². The topological polar surface area (TPSA) is 98.6 Å². The lowest BCUT2D eigenvalue weighted by molar-refractivity contribution is -0.121. The molecule has 106 valence electrons. The molecular formula is C14H11BrN4O2. The Labute approximate surface area is 129 Å². The van der Waals surface area contributed by atoms with Crippen molar-refractivity contribution in [3.05, 3.63) is 40.5 Å². The molecule has 6 nitrogen and oxygen atoms in total. The van der Waals surface area contributed by atoms with Gasteiger partial charge in [0.25, 0.3) is 0 Å². The summed E-state index contributed by atoms with van der Waals surface area (Å²) >= 11 is 3.30. The Hall–Kier alpha value is -2.46. The van der Waals surface area contributed by atoms with Crippen molar-refractivity contribution in [2.24, 2.45) is 5.92 Å². The summed E-state index contributed by atoms with van der Waals surface area (Å²) in [5, 5.41) is 17.9. The molecule has 1 amide bonds. The monoisotopic (exact) mass is 346 g/mol. The normalized spacial score (nSPS) is 11.5. The summed E-state index contributed by atoms with van der Waals surface area (Å²) in [6.07, 6.45) is 0. The van der Waals surface area contributed by atoms with Gasteiger partial charge < -0.3 is 5.32 Å². The minimum absolute atomic E-state index is 0.101. The first kappa shape index (κ1) is 14.9. The van der Waals surface area contributed by atoms with Crippen LogP contribution < -0.4 is 5.32 Å². The lowest BCUT2D eigenvalue weighted by Gasteiger charge is -2.05. The van der Waals surface area contributed by atoms with E-state index in [2.05, 4.69) is 31.4 Å². The smallest absolute Gasteiger partial charge is 0.245 e. The molecule has 2 aromatic rings. The molecule has 0 spiro atoms. The molecule has 1 unspecified atom stereocenters. The van der Waals surface area contributed by atoms with Crippen molar-refractivity contribution >= 4 is 27.6 Å². The molecule has 1 aromatic carbocycles. The second-order valence-corrected chi connectivity index (χ2v) is 4.96. The fourth-order valence-electron chi connectivity index (χ4n) is 1.80. The van der Waals surface area contributed by atoms with Gasteiger partial charge in [0.05, 0.1) is 10.5 Å². The highest BCUT2D eigenvalue weighted by molar-refractivity contribution is 9.10. The molecule has 1 aromatic heterocycles. The first-order chi connectivity index (χ1) is 10.1. The van der Waals surface area contributed by atoms with Gasteiger partial charge in [-0.3, -0.25) is 14.7 Å². The number of rotatable bonds is 4. The minimum atomic E-state index is -1.41. The Kier molecular flexibility index (Phi) is 4.50. The highest BCUT2D eigenvalue weighted by Crippen LogP contribution is 2.29. The van der Waals surface area contributed by atoms with E-state index in [1.165, 1.54) is 7.05 Å². The van der Waals surface area contributed by atoms with E-state index >= 15 is 0 Å². The van der Waals surface area contributed by atoms with Gasteiger partial charge in [0.2, 0.25) is 11.7 Å². The zero-order valence-electron chi connectivity index (χ0n) is 11.1. The van der Waals surface area contributed by atoms with Crippen LogP contribution in [0.2, 0.25) is 0 Å². The number of hydrogen-bond donors (Lipinski definition) is 2.